The van der Waals surface area contributed by atoms with E-state index < -0.39 is 0 Å². The topological polar surface area (TPSA) is 26.3 Å². The van der Waals surface area contributed by atoms with Crippen LogP contribution in [0.4, 0.5) is 0 Å². The Morgan fingerprint density at radius 1 is 1.40 bits per heavy atom. The van der Waals surface area contributed by atoms with E-state index in [2.05, 4.69) is 13.5 Å². The fourth-order valence-electron chi connectivity index (χ4n) is 2.17. The molecule has 0 aromatic rings. The second kappa shape index (κ2) is 5.94. The van der Waals surface area contributed by atoms with E-state index in [1.54, 1.807) is 6.92 Å². The molecule has 0 aromatic carbocycles. The normalized spacial score (nSPS) is 19.6. The van der Waals surface area contributed by atoms with Crippen LogP contribution in [-0.4, -0.2) is 12.6 Å². The van der Waals surface area contributed by atoms with E-state index in [-0.39, 0.29) is 5.97 Å². The molecule has 0 amide bonds. The first kappa shape index (κ1) is 12.3. The Morgan fingerprint density at radius 3 is 2.53 bits per heavy atom. The van der Waals surface area contributed by atoms with Crippen LogP contribution >= 0.6 is 0 Å². The standard InChI is InChI=1S/C13H22O2/c1-10(2)13(14)15-9-11(3)12-7-5-4-6-8-12/h11-12H,1,4-9H2,2-3H3. The van der Waals surface area contributed by atoms with Crippen molar-refractivity contribution < 1.29 is 9.53 Å². The third-order valence-corrected chi connectivity index (χ3v) is 3.28. The lowest BCUT2D eigenvalue weighted by Crippen LogP contribution is -2.21. The van der Waals surface area contributed by atoms with Crippen molar-refractivity contribution in [2.75, 3.05) is 6.61 Å². The van der Waals surface area contributed by atoms with Crippen molar-refractivity contribution in [2.45, 2.75) is 46.0 Å². The highest BCUT2D eigenvalue weighted by molar-refractivity contribution is 5.86. The lowest BCUT2D eigenvalue weighted by molar-refractivity contribution is -0.140. The zero-order valence-corrected chi connectivity index (χ0v) is 9.92. The van der Waals surface area contributed by atoms with E-state index in [0.717, 1.165) is 5.92 Å². The molecule has 1 atom stereocenters. The molecule has 1 fully saturated rings. The fourth-order valence-corrected chi connectivity index (χ4v) is 2.17. The molecule has 1 rings (SSSR count). The van der Waals surface area contributed by atoms with Crippen LogP contribution < -0.4 is 0 Å². The summed E-state index contributed by atoms with van der Waals surface area (Å²) in [6.45, 7) is 7.99. The molecule has 2 nitrogen and oxygen atoms in total. The van der Waals surface area contributed by atoms with Gasteiger partial charge in [-0.25, -0.2) is 4.79 Å². The maximum absolute atomic E-state index is 11.2. The van der Waals surface area contributed by atoms with Crippen LogP contribution in [0.5, 0.6) is 0 Å². The summed E-state index contributed by atoms with van der Waals surface area (Å²) < 4.78 is 5.18. The van der Waals surface area contributed by atoms with Gasteiger partial charge in [0.25, 0.3) is 0 Å². The van der Waals surface area contributed by atoms with Gasteiger partial charge >= 0.3 is 5.97 Å². The van der Waals surface area contributed by atoms with Crippen molar-refractivity contribution in [1.82, 2.24) is 0 Å². The molecule has 15 heavy (non-hydrogen) atoms. The average molecular weight is 210 g/mol. The largest absolute Gasteiger partial charge is 0.462 e. The molecule has 0 aromatic heterocycles. The van der Waals surface area contributed by atoms with Gasteiger partial charge in [-0.1, -0.05) is 45.6 Å². The molecule has 0 aliphatic heterocycles. The second-order valence-electron chi connectivity index (χ2n) is 4.75. The maximum atomic E-state index is 11.2. The molecule has 86 valence electrons. The number of hydrogen-bond acceptors (Lipinski definition) is 2. The van der Waals surface area contributed by atoms with Crippen LogP contribution in [0.2, 0.25) is 0 Å². The van der Waals surface area contributed by atoms with Crippen LogP contribution in [0, 0.1) is 11.8 Å². The number of hydrogen-bond donors (Lipinski definition) is 0. The van der Waals surface area contributed by atoms with Crippen molar-refractivity contribution >= 4 is 5.97 Å². The molecule has 1 aliphatic carbocycles. The zero-order chi connectivity index (χ0) is 11.3. The molecular weight excluding hydrogens is 188 g/mol. The van der Waals surface area contributed by atoms with Gasteiger partial charge in [0.05, 0.1) is 6.61 Å². The van der Waals surface area contributed by atoms with E-state index >= 15 is 0 Å². The second-order valence-corrected chi connectivity index (χ2v) is 4.75. The van der Waals surface area contributed by atoms with Gasteiger partial charge in [-0.3, -0.25) is 0 Å². The van der Waals surface area contributed by atoms with Gasteiger partial charge in [0.2, 0.25) is 0 Å². The summed E-state index contributed by atoms with van der Waals surface area (Å²) in [6, 6.07) is 0. The van der Waals surface area contributed by atoms with Gasteiger partial charge in [-0.15, -0.1) is 0 Å². The lowest BCUT2D eigenvalue weighted by atomic mass is 9.81. The Hall–Kier alpha value is -0.790. The van der Waals surface area contributed by atoms with E-state index in [4.69, 9.17) is 4.74 Å². The summed E-state index contributed by atoms with van der Waals surface area (Å²) in [5.74, 6) is 0.989. The van der Waals surface area contributed by atoms with Gasteiger partial charge in [-0.05, 0) is 18.8 Å². The van der Waals surface area contributed by atoms with Crippen LogP contribution in [-0.2, 0) is 9.53 Å². The Labute approximate surface area is 92.7 Å². The summed E-state index contributed by atoms with van der Waals surface area (Å²) in [5, 5.41) is 0. The number of carbonyl (C=O) groups excluding carboxylic acids is 1. The van der Waals surface area contributed by atoms with Crippen LogP contribution in [0.15, 0.2) is 12.2 Å². The van der Waals surface area contributed by atoms with Gasteiger partial charge in [0.1, 0.15) is 0 Å². The first-order valence-corrected chi connectivity index (χ1v) is 5.94. The van der Waals surface area contributed by atoms with Gasteiger partial charge in [-0.2, -0.15) is 0 Å². The van der Waals surface area contributed by atoms with Crippen LogP contribution in [0.3, 0.4) is 0 Å². The average Bonchev–Trinajstić information content (AvgIpc) is 2.26. The fraction of sp³-hybridized carbons (Fsp3) is 0.769. The highest BCUT2D eigenvalue weighted by atomic mass is 16.5. The Kier molecular flexibility index (Phi) is 4.86. The number of ether oxygens (including phenoxy) is 1. The van der Waals surface area contributed by atoms with Crippen LogP contribution in [0.25, 0.3) is 0 Å². The molecule has 1 unspecified atom stereocenters. The quantitative estimate of drug-likeness (QED) is 0.525. The van der Waals surface area contributed by atoms with Gasteiger partial charge in [0.15, 0.2) is 0 Å². The van der Waals surface area contributed by atoms with Gasteiger partial charge < -0.3 is 4.74 Å². The smallest absolute Gasteiger partial charge is 0.333 e. The van der Waals surface area contributed by atoms with Crippen molar-refractivity contribution in [3.05, 3.63) is 12.2 Å². The molecule has 0 heterocycles. The molecule has 1 aliphatic rings. The molecule has 0 bridgehead atoms. The van der Waals surface area contributed by atoms with E-state index in [9.17, 15) is 4.79 Å². The lowest BCUT2D eigenvalue weighted by Gasteiger charge is -2.27. The SMILES string of the molecule is C=C(C)C(=O)OCC(C)C1CCCCC1. The predicted molar refractivity (Wildman–Crippen MR) is 61.5 cm³/mol. The number of carbonyl (C=O) groups is 1. The monoisotopic (exact) mass is 210 g/mol. The van der Waals surface area contributed by atoms with Crippen molar-refractivity contribution in [3.63, 3.8) is 0 Å². The maximum Gasteiger partial charge on any atom is 0.333 e. The number of rotatable bonds is 4. The van der Waals surface area contributed by atoms with E-state index in [1.165, 1.54) is 32.1 Å². The first-order chi connectivity index (χ1) is 7.11. The Bertz CT molecular complexity index is 227. The molecule has 0 spiro atoms. The van der Waals surface area contributed by atoms with Gasteiger partial charge in [0, 0.05) is 5.57 Å². The van der Waals surface area contributed by atoms with Crippen molar-refractivity contribution in [2.24, 2.45) is 11.8 Å². The first-order valence-electron chi connectivity index (χ1n) is 5.94. The minimum atomic E-state index is -0.252. The summed E-state index contributed by atoms with van der Waals surface area (Å²) in [6.07, 6.45) is 6.64. The Morgan fingerprint density at radius 2 is 2.00 bits per heavy atom. The minimum absolute atomic E-state index is 0.252. The molecular formula is C13H22O2. The highest BCUT2D eigenvalue weighted by Crippen LogP contribution is 2.29. The highest BCUT2D eigenvalue weighted by Gasteiger charge is 2.21. The predicted octanol–water partition coefficient (Wildman–Crippen LogP) is 3.32. The third kappa shape index (κ3) is 4.06. The molecule has 1 saturated carbocycles. The zero-order valence-electron chi connectivity index (χ0n) is 9.92. The Balaban J connectivity index is 2.25. The van der Waals surface area contributed by atoms with E-state index in [0.29, 0.717) is 18.1 Å². The number of esters is 1. The molecule has 0 N–H and O–H groups in total. The summed E-state index contributed by atoms with van der Waals surface area (Å²) in [4.78, 5) is 11.2. The summed E-state index contributed by atoms with van der Waals surface area (Å²) >= 11 is 0. The minimum Gasteiger partial charge on any atom is -0.462 e. The molecule has 2 heteroatoms. The molecule has 0 radical (unpaired) electrons. The van der Waals surface area contributed by atoms with Crippen LogP contribution in [0.1, 0.15) is 46.0 Å². The molecule has 0 saturated heterocycles. The van der Waals surface area contributed by atoms with E-state index in [1.807, 2.05) is 0 Å². The summed E-state index contributed by atoms with van der Waals surface area (Å²) in [7, 11) is 0. The van der Waals surface area contributed by atoms with Crippen molar-refractivity contribution in [3.8, 4) is 0 Å². The third-order valence-electron chi connectivity index (χ3n) is 3.28. The summed E-state index contributed by atoms with van der Waals surface area (Å²) in [5.41, 5.74) is 0.492. The van der Waals surface area contributed by atoms with Crippen molar-refractivity contribution in [1.29, 1.82) is 0 Å².